The zero-order chi connectivity index (χ0) is 22.5. The minimum Gasteiger partial charge on any atom is -0.503 e. The first-order chi connectivity index (χ1) is 15.6. The number of aliphatic hydroxyl groups is 1. The Morgan fingerprint density at radius 1 is 1.19 bits per heavy atom. The van der Waals surface area contributed by atoms with Gasteiger partial charge in [-0.1, -0.05) is 18.6 Å². The fourth-order valence-corrected chi connectivity index (χ4v) is 4.36. The van der Waals surface area contributed by atoms with Gasteiger partial charge in [0.1, 0.15) is 11.5 Å². The van der Waals surface area contributed by atoms with Gasteiger partial charge in [-0.25, -0.2) is 0 Å². The van der Waals surface area contributed by atoms with E-state index < -0.39 is 23.5 Å². The van der Waals surface area contributed by atoms with Crippen LogP contribution < -0.4 is 4.74 Å². The summed E-state index contributed by atoms with van der Waals surface area (Å²) in [5, 5.41) is 10.7. The Morgan fingerprint density at radius 2 is 2.00 bits per heavy atom. The standard InChI is InChI=1S/C25H28N2O5/c1-31-20-8-5-7-18(17-20)23-22(21(28)11-10-19-9-6-16-32-19)24(29)25(30)27(23)15-14-26-12-3-2-4-13-26/h5-11,16-17,23,29H,2-4,12-15H2,1H3/b11-10+. The van der Waals surface area contributed by atoms with Crippen molar-refractivity contribution in [2.45, 2.75) is 25.3 Å². The van der Waals surface area contributed by atoms with Crippen molar-refractivity contribution < 1.29 is 23.8 Å². The number of carbonyl (C=O) groups excluding carboxylic acids is 2. The van der Waals surface area contributed by atoms with Gasteiger partial charge in [-0.2, -0.15) is 0 Å². The average Bonchev–Trinajstić information content (AvgIpc) is 3.44. The molecule has 168 valence electrons. The highest BCUT2D eigenvalue weighted by molar-refractivity contribution is 6.14. The summed E-state index contributed by atoms with van der Waals surface area (Å²) in [6, 6.07) is 10.0. The molecule has 1 amide bonds. The van der Waals surface area contributed by atoms with Crippen LogP contribution in [0, 0.1) is 0 Å². The lowest BCUT2D eigenvalue weighted by Crippen LogP contribution is -2.40. The predicted molar refractivity (Wildman–Crippen MR) is 120 cm³/mol. The molecule has 7 nitrogen and oxygen atoms in total. The van der Waals surface area contributed by atoms with Gasteiger partial charge < -0.3 is 24.1 Å². The van der Waals surface area contributed by atoms with Crippen molar-refractivity contribution in [2.24, 2.45) is 0 Å². The van der Waals surface area contributed by atoms with E-state index in [2.05, 4.69) is 4.90 Å². The average molecular weight is 437 g/mol. The third-order valence-corrected chi connectivity index (χ3v) is 6.03. The fraction of sp³-hybridized carbons (Fsp3) is 0.360. The lowest BCUT2D eigenvalue weighted by molar-refractivity contribution is -0.129. The first-order valence-electron chi connectivity index (χ1n) is 10.9. The van der Waals surface area contributed by atoms with Gasteiger partial charge in [-0.05, 0) is 67.9 Å². The van der Waals surface area contributed by atoms with Gasteiger partial charge >= 0.3 is 0 Å². The number of aliphatic hydroxyl groups excluding tert-OH is 1. The lowest BCUT2D eigenvalue weighted by Gasteiger charge is -2.31. The molecule has 0 radical (unpaired) electrons. The molecular formula is C25H28N2O5. The molecule has 1 N–H and O–H groups in total. The molecule has 1 unspecified atom stereocenters. The summed E-state index contributed by atoms with van der Waals surface area (Å²) in [6.07, 6.45) is 7.91. The van der Waals surface area contributed by atoms with Crippen LogP contribution in [-0.2, 0) is 9.59 Å². The quantitative estimate of drug-likeness (QED) is 0.635. The van der Waals surface area contributed by atoms with E-state index >= 15 is 0 Å². The highest BCUT2D eigenvalue weighted by Gasteiger charge is 2.43. The molecule has 0 saturated carbocycles. The van der Waals surface area contributed by atoms with Gasteiger partial charge in [-0.3, -0.25) is 9.59 Å². The second kappa shape index (κ2) is 9.87. The van der Waals surface area contributed by atoms with Crippen molar-refractivity contribution in [3.8, 4) is 5.75 Å². The lowest BCUT2D eigenvalue weighted by atomic mass is 9.95. The van der Waals surface area contributed by atoms with E-state index in [1.54, 1.807) is 36.3 Å². The largest absolute Gasteiger partial charge is 0.503 e. The number of nitrogens with zero attached hydrogens (tertiary/aromatic N) is 2. The number of hydrogen-bond donors (Lipinski definition) is 1. The van der Waals surface area contributed by atoms with Crippen molar-refractivity contribution in [1.29, 1.82) is 0 Å². The van der Waals surface area contributed by atoms with Crippen molar-refractivity contribution >= 4 is 17.8 Å². The molecule has 2 aromatic rings. The Labute approximate surface area is 187 Å². The van der Waals surface area contributed by atoms with Crippen LogP contribution in [0.1, 0.15) is 36.6 Å². The highest BCUT2D eigenvalue weighted by atomic mass is 16.5. The van der Waals surface area contributed by atoms with E-state index in [1.165, 1.54) is 24.8 Å². The Morgan fingerprint density at radius 3 is 2.72 bits per heavy atom. The van der Waals surface area contributed by atoms with Crippen LogP contribution in [0.15, 0.2) is 64.5 Å². The number of likely N-dealkylation sites (tertiary alicyclic amines) is 1. The van der Waals surface area contributed by atoms with Crippen molar-refractivity contribution in [3.63, 3.8) is 0 Å². The number of rotatable bonds is 8. The van der Waals surface area contributed by atoms with Gasteiger partial charge in [0.25, 0.3) is 5.91 Å². The van der Waals surface area contributed by atoms with Gasteiger partial charge in [0, 0.05) is 13.1 Å². The summed E-state index contributed by atoms with van der Waals surface area (Å²) in [4.78, 5) is 30.1. The Hall–Kier alpha value is -3.32. The summed E-state index contributed by atoms with van der Waals surface area (Å²) in [5.74, 6) is -0.312. The Balaban J connectivity index is 1.64. The summed E-state index contributed by atoms with van der Waals surface area (Å²) in [5.41, 5.74) is 0.792. The molecule has 1 saturated heterocycles. The number of ketones is 1. The molecule has 4 rings (SSSR count). The molecule has 0 bridgehead atoms. The first-order valence-corrected chi connectivity index (χ1v) is 10.9. The van der Waals surface area contributed by atoms with E-state index in [-0.39, 0.29) is 5.57 Å². The van der Waals surface area contributed by atoms with E-state index in [1.807, 2.05) is 12.1 Å². The number of ether oxygens (including phenoxy) is 1. The maximum atomic E-state index is 13.1. The first kappa shape index (κ1) is 21.9. The van der Waals surface area contributed by atoms with Crippen LogP contribution in [0.5, 0.6) is 5.75 Å². The SMILES string of the molecule is COc1cccc(C2C(C(=O)/C=C/c3ccco3)=C(O)C(=O)N2CCN2CCCCC2)c1. The smallest absolute Gasteiger partial charge is 0.290 e. The number of methoxy groups -OCH3 is 1. The van der Waals surface area contributed by atoms with Gasteiger partial charge in [0.2, 0.25) is 0 Å². The normalized spacial score (nSPS) is 19.8. The van der Waals surface area contributed by atoms with E-state index in [4.69, 9.17) is 9.15 Å². The molecule has 2 aliphatic rings. The monoisotopic (exact) mass is 436 g/mol. The molecule has 3 heterocycles. The van der Waals surface area contributed by atoms with Crippen LogP contribution in [0.2, 0.25) is 0 Å². The maximum Gasteiger partial charge on any atom is 0.290 e. The van der Waals surface area contributed by atoms with E-state index in [0.29, 0.717) is 24.6 Å². The molecule has 1 atom stereocenters. The zero-order valence-electron chi connectivity index (χ0n) is 18.2. The molecule has 2 aliphatic heterocycles. The molecule has 1 aromatic heterocycles. The molecule has 7 heteroatoms. The Bertz CT molecular complexity index is 1020. The van der Waals surface area contributed by atoms with E-state index in [9.17, 15) is 14.7 Å². The van der Waals surface area contributed by atoms with Gasteiger partial charge in [-0.15, -0.1) is 0 Å². The molecular weight excluding hydrogens is 408 g/mol. The van der Waals surface area contributed by atoms with Crippen LogP contribution in [-0.4, -0.2) is 59.9 Å². The summed E-state index contributed by atoms with van der Waals surface area (Å²) in [7, 11) is 1.57. The van der Waals surface area contributed by atoms with Gasteiger partial charge in [0.15, 0.2) is 11.5 Å². The fourth-order valence-electron chi connectivity index (χ4n) is 4.36. The number of furan rings is 1. The number of piperidine rings is 1. The van der Waals surface area contributed by atoms with Crippen molar-refractivity contribution in [3.05, 3.63) is 71.4 Å². The molecule has 1 aromatic carbocycles. The van der Waals surface area contributed by atoms with Crippen LogP contribution in [0.3, 0.4) is 0 Å². The summed E-state index contributed by atoms with van der Waals surface area (Å²) < 4.78 is 10.6. The zero-order valence-corrected chi connectivity index (χ0v) is 18.2. The van der Waals surface area contributed by atoms with Gasteiger partial charge in [0.05, 0.1) is 25.0 Å². The number of allylic oxidation sites excluding steroid dienone is 1. The molecule has 0 aliphatic carbocycles. The number of amides is 1. The topological polar surface area (TPSA) is 83.2 Å². The van der Waals surface area contributed by atoms with Crippen LogP contribution >= 0.6 is 0 Å². The van der Waals surface area contributed by atoms with Crippen LogP contribution in [0.4, 0.5) is 0 Å². The number of carbonyl (C=O) groups is 2. The third kappa shape index (κ3) is 4.62. The third-order valence-electron chi connectivity index (χ3n) is 6.03. The predicted octanol–water partition coefficient (Wildman–Crippen LogP) is 3.75. The highest BCUT2D eigenvalue weighted by Crippen LogP contribution is 2.39. The van der Waals surface area contributed by atoms with Crippen molar-refractivity contribution in [1.82, 2.24) is 9.80 Å². The molecule has 0 spiro atoms. The summed E-state index contributed by atoms with van der Waals surface area (Å²) >= 11 is 0. The second-order valence-electron chi connectivity index (χ2n) is 8.06. The van der Waals surface area contributed by atoms with Crippen molar-refractivity contribution in [2.75, 3.05) is 33.3 Å². The molecule has 32 heavy (non-hydrogen) atoms. The minimum absolute atomic E-state index is 0.0738. The Kier molecular flexibility index (Phi) is 6.75. The number of hydrogen-bond acceptors (Lipinski definition) is 6. The van der Waals surface area contributed by atoms with Crippen LogP contribution in [0.25, 0.3) is 6.08 Å². The number of benzene rings is 1. The maximum absolute atomic E-state index is 13.1. The van der Waals surface area contributed by atoms with E-state index in [0.717, 1.165) is 31.5 Å². The molecule has 1 fully saturated rings. The minimum atomic E-state index is -0.684. The summed E-state index contributed by atoms with van der Waals surface area (Å²) in [6.45, 7) is 3.12. The second-order valence-corrected chi connectivity index (χ2v) is 8.06.